The van der Waals surface area contributed by atoms with Gasteiger partial charge in [0.2, 0.25) is 10.0 Å². The first-order valence-electron chi connectivity index (χ1n) is 9.01. The van der Waals surface area contributed by atoms with Crippen LogP contribution in [0.5, 0.6) is 5.75 Å². The molecule has 0 aliphatic carbocycles. The van der Waals surface area contributed by atoms with E-state index in [4.69, 9.17) is 4.74 Å². The third kappa shape index (κ3) is 4.40. The Kier molecular flexibility index (Phi) is 6.11. The summed E-state index contributed by atoms with van der Waals surface area (Å²) in [5, 5.41) is 4.11. The van der Waals surface area contributed by atoms with E-state index in [0.29, 0.717) is 18.8 Å². The van der Waals surface area contributed by atoms with E-state index in [1.807, 2.05) is 24.3 Å². The molecule has 8 heteroatoms. The highest BCUT2D eigenvalue weighted by Crippen LogP contribution is 2.21. The van der Waals surface area contributed by atoms with Crippen LogP contribution in [-0.2, 0) is 10.0 Å². The van der Waals surface area contributed by atoms with Crippen molar-refractivity contribution in [2.45, 2.75) is 24.7 Å². The molecule has 1 aliphatic rings. The lowest BCUT2D eigenvalue weighted by atomic mass is 10.1. The number of sulfonamides is 1. The Morgan fingerprint density at radius 3 is 2.39 bits per heavy atom. The molecule has 0 saturated carbocycles. The third-order valence-corrected chi connectivity index (χ3v) is 6.53. The maximum atomic E-state index is 12.7. The molecule has 1 fully saturated rings. The summed E-state index contributed by atoms with van der Waals surface area (Å²) in [4.78, 5) is 12.6. The Balaban J connectivity index is 1.73. The van der Waals surface area contributed by atoms with Crippen LogP contribution in [0.3, 0.4) is 0 Å². The number of rotatable bonds is 6. The number of hydrazone groups is 1. The Morgan fingerprint density at radius 2 is 1.75 bits per heavy atom. The summed E-state index contributed by atoms with van der Waals surface area (Å²) in [6.45, 7) is 2.81. The summed E-state index contributed by atoms with van der Waals surface area (Å²) in [6.07, 6.45) is 1.72. The van der Waals surface area contributed by atoms with Gasteiger partial charge in [0.25, 0.3) is 5.91 Å². The standard InChI is InChI=1S/C20H23N3O4S/c1-15(16-8-10-18(27-2)11-9-16)21-22-20(24)17-6-5-7-19(14-17)28(25,26)23-12-3-4-13-23/h5-11,14H,3-4,12-13H2,1-2H3,(H,22,24)/b21-15-. The van der Waals surface area contributed by atoms with E-state index in [1.165, 1.54) is 16.4 Å². The molecule has 0 spiro atoms. The number of ether oxygens (including phenoxy) is 1. The van der Waals surface area contributed by atoms with E-state index in [-0.39, 0.29) is 10.5 Å². The van der Waals surface area contributed by atoms with E-state index in [9.17, 15) is 13.2 Å². The molecule has 1 heterocycles. The number of hydrogen-bond acceptors (Lipinski definition) is 5. The first kappa shape index (κ1) is 20.0. The van der Waals surface area contributed by atoms with Crippen molar-refractivity contribution in [3.8, 4) is 5.75 Å². The molecule has 7 nitrogen and oxygen atoms in total. The molecule has 2 aromatic carbocycles. The fourth-order valence-corrected chi connectivity index (χ4v) is 4.53. The van der Waals surface area contributed by atoms with Crippen LogP contribution in [0.4, 0.5) is 0 Å². The largest absolute Gasteiger partial charge is 0.497 e. The third-order valence-electron chi connectivity index (χ3n) is 4.63. The smallest absolute Gasteiger partial charge is 0.271 e. The maximum absolute atomic E-state index is 12.7. The van der Waals surface area contributed by atoms with Crippen molar-refractivity contribution in [3.05, 3.63) is 59.7 Å². The second-order valence-electron chi connectivity index (χ2n) is 6.51. The molecule has 1 saturated heterocycles. The number of amides is 1. The van der Waals surface area contributed by atoms with Gasteiger partial charge in [-0.3, -0.25) is 4.79 Å². The first-order chi connectivity index (χ1) is 13.4. The van der Waals surface area contributed by atoms with Crippen LogP contribution in [0.1, 0.15) is 35.7 Å². The summed E-state index contributed by atoms with van der Waals surface area (Å²) < 4.78 is 31.9. The number of benzene rings is 2. The minimum atomic E-state index is -3.57. The Bertz CT molecular complexity index is 979. The van der Waals surface area contributed by atoms with Crippen LogP contribution >= 0.6 is 0 Å². The van der Waals surface area contributed by atoms with Gasteiger partial charge in [-0.2, -0.15) is 9.41 Å². The molecule has 0 radical (unpaired) electrons. The molecule has 28 heavy (non-hydrogen) atoms. The zero-order valence-corrected chi connectivity index (χ0v) is 16.7. The summed E-state index contributed by atoms with van der Waals surface area (Å²) in [5.74, 6) is 0.267. The normalized spacial score (nSPS) is 15.4. The molecule has 0 atom stereocenters. The first-order valence-corrected chi connectivity index (χ1v) is 10.4. The molecule has 2 aromatic rings. The molecule has 148 valence electrons. The second-order valence-corrected chi connectivity index (χ2v) is 8.44. The van der Waals surface area contributed by atoms with Crippen molar-refractivity contribution in [2.75, 3.05) is 20.2 Å². The Labute approximate surface area is 165 Å². The zero-order valence-electron chi connectivity index (χ0n) is 15.9. The molecule has 1 N–H and O–H groups in total. The van der Waals surface area contributed by atoms with Crippen LogP contribution in [0.2, 0.25) is 0 Å². The number of nitrogens with zero attached hydrogens (tertiary/aromatic N) is 2. The van der Waals surface area contributed by atoms with Crippen molar-refractivity contribution in [2.24, 2.45) is 5.10 Å². The van der Waals surface area contributed by atoms with Gasteiger partial charge in [0.15, 0.2) is 0 Å². The molecule has 0 unspecified atom stereocenters. The summed E-state index contributed by atoms with van der Waals surface area (Å²) in [7, 11) is -1.98. The van der Waals surface area contributed by atoms with Crippen molar-refractivity contribution in [1.29, 1.82) is 0 Å². The van der Waals surface area contributed by atoms with Gasteiger partial charge in [-0.25, -0.2) is 13.8 Å². The van der Waals surface area contributed by atoms with Crippen molar-refractivity contribution in [3.63, 3.8) is 0 Å². The molecule has 1 amide bonds. The van der Waals surface area contributed by atoms with E-state index < -0.39 is 15.9 Å². The molecule has 1 aliphatic heterocycles. The minimum Gasteiger partial charge on any atom is -0.497 e. The SMILES string of the molecule is COc1ccc(/C(C)=N\NC(=O)c2cccc(S(=O)(=O)N3CCCC3)c2)cc1. The summed E-state index contributed by atoms with van der Waals surface area (Å²) in [5.41, 5.74) is 4.19. The highest BCUT2D eigenvalue weighted by atomic mass is 32.2. The topological polar surface area (TPSA) is 88.1 Å². The number of methoxy groups -OCH3 is 1. The van der Waals surface area contributed by atoms with Crippen molar-refractivity contribution >= 4 is 21.6 Å². The quantitative estimate of drug-likeness (QED) is 0.595. The average Bonchev–Trinajstić information content (AvgIpc) is 3.27. The number of carbonyl (C=O) groups excluding carboxylic acids is 1. The predicted octanol–water partition coefficient (Wildman–Crippen LogP) is 2.63. The molecular weight excluding hydrogens is 378 g/mol. The van der Waals surface area contributed by atoms with Gasteiger partial charge in [-0.15, -0.1) is 0 Å². The highest BCUT2D eigenvalue weighted by molar-refractivity contribution is 7.89. The maximum Gasteiger partial charge on any atom is 0.271 e. The van der Waals surface area contributed by atoms with Crippen molar-refractivity contribution in [1.82, 2.24) is 9.73 Å². The lowest BCUT2D eigenvalue weighted by Crippen LogP contribution is -2.28. The molecule has 3 rings (SSSR count). The van der Waals surface area contributed by atoms with Crippen LogP contribution in [0.15, 0.2) is 58.5 Å². The Hall–Kier alpha value is -2.71. The lowest BCUT2D eigenvalue weighted by Gasteiger charge is -2.15. The number of carbonyl (C=O) groups is 1. The predicted molar refractivity (Wildman–Crippen MR) is 107 cm³/mol. The van der Waals surface area contributed by atoms with E-state index in [0.717, 1.165) is 24.2 Å². The fourth-order valence-electron chi connectivity index (χ4n) is 2.97. The van der Waals surface area contributed by atoms with Gasteiger partial charge in [-0.05, 0) is 67.8 Å². The average molecular weight is 401 g/mol. The number of nitrogens with one attached hydrogen (secondary N) is 1. The minimum absolute atomic E-state index is 0.123. The van der Waals surface area contributed by atoms with Crippen LogP contribution in [-0.4, -0.2) is 44.5 Å². The van der Waals surface area contributed by atoms with Crippen LogP contribution in [0.25, 0.3) is 0 Å². The van der Waals surface area contributed by atoms with Gasteiger partial charge in [0, 0.05) is 18.7 Å². The summed E-state index contributed by atoms with van der Waals surface area (Å²) in [6, 6.07) is 13.3. The summed E-state index contributed by atoms with van der Waals surface area (Å²) >= 11 is 0. The van der Waals surface area contributed by atoms with E-state index >= 15 is 0 Å². The highest BCUT2D eigenvalue weighted by Gasteiger charge is 2.27. The van der Waals surface area contributed by atoms with Gasteiger partial charge >= 0.3 is 0 Å². The van der Waals surface area contributed by atoms with E-state index in [2.05, 4.69) is 10.5 Å². The van der Waals surface area contributed by atoms with Gasteiger partial charge < -0.3 is 4.74 Å². The lowest BCUT2D eigenvalue weighted by molar-refractivity contribution is 0.0954. The van der Waals surface area contributed by atoms with Crippen molar-refractivity contribution < 1.29 is 17.9 Å². The van der Waals surface area contributed by atoms with Crippen LogP contribution < -0.4 is 10.2 Å². The van der Waals surface area contributed by atoms with Gasteiger partial charge in [0.1, 0.15) is 5.75 Å². The second kappa shape index (κ2) is 8.53. The van der Waals surface area contributed by atoms with Gasteiger partial charge in [0.05, 0.1) is 17.7 Å². The molecule has 0 aromatic heterocycles. The van der Waals surface area contributed by atoms with Gasteiger partial charge in [-0.1, -0.05) is 6.07 Å². The zero-order chi connectivity index (χ0) is 20.1. The van der Waals surface area contributed by atoms with Crippen LogP contribution in [0, 0.1) is 0 Å². The number of hydrogen-bond donors (Lipinski definition) is 1. The molecule has 0 bridgehead atoms. The molecular formula is C20H23N3O4S. The fraction of sp³-hybridized carbons (Fsp3) is 0.300. The Morgan fingerprint density at radius 1 is 1.07 bits per heavy atom. The van der Waals surface area contributed by atoms with E-state index in [1.54, 1.807) is 26.2 Å². The monoisotopic (exact) mass is 401 g/mol.